The van der Waals surface area contributed by atoms with E-state index in [2.05, 4.69) is 21.3 Å². The Labute approximate surface area is 130 Å². The van der Waals surface area contributed by atoms with Crippen molar-refractivity contribution in [2.24, 2.45) is 0 Å². The van der Waals surface area contributed by atoms with Gasteiger partial charge in [-0.15, -0.1) is 0 Å². The number of fused-ring (bicyclic) bond motifs is 1. The van der Waals surface area contributed by atoms with Crippen molar-refractivity contribution in [3.05, 3.63) is 0 Å². The maximum atomic E-state index is 11.6. The van der Waals surface area contributed by atoms with Crippen molar-refractivity contribution in [1.82, 2.24) is 21.3 Å². The van der Waals surface area contributed by atoms with Gasteiger partial charge in [0, 0.05) is 24.0 Å². The van der Waals surface area contributed by atoms with Crippen molar-refractivity contribution in [1.29, 1.82) is 0 Å². The molecule has 2 heterocycles. The molecule has 4 N–H and O–H groups in total. The number of thioether (sulfide) groups is 1. The minimum atomic E-state index is -0.0313. The van der Waals surface area contributed by atoms with Gasteiger partial charge in [-0.3, -0.25) is 4.79 Å². The number of rotatable bonds is 9. The molecule has 7 heteroatoms. The van der Waals surface area contributed by atoms with Gasteiger partial charge in [-0.05, 0) is 32.9 Å². The molecule has 2 fully saturated rings. The lowest BCUT2D eigenvalue weighted by Gasteiger charge is -2.16. The van der Waals surface area contributed by atoms with E-state index in [9.17, 15) is 9.59 Å². The van der Waals surface area contributed by atoms with Crippen molar-refractivity contribution in [2.45, 2.75) is 49.4 Å². The van der Waals surface area contributed by atoms with Gasteiger partial charge in [0.1, 0.15) is 0 Å². The van der Waals surface area contributed by atoms with Gasteiger partial charge >= 0.3 is 6.03 Å². The highest BCUT2D eigenvalue weighted by Crippen LogP contribution is 2.33. The highest BCUT2D eigenvalue weighted by atomic mass is 32.2. The standard InChI is InChI=1S/C14H26N4O2S/c1-15-7-4-8-16-12(19)6-3-2-5-11-13-10(9-21-11)17-14(20)18-13/h10-11,13,15H,2-9H2,1H3,(H,16,19)(H2,17,18,20)/t10?,11-,13?/m0/s1. The van der Waals surface area contributed by atoms with Crippen molar-refractivity contribution in [3.63, 3.8) is 0 Å². The van der Waals surface area contributed by atoms with Crippen molar-refractivity contribution in [3.8, 4) is 0 Å². The summed E-state index contributed by atoms with van der Waals surface area (Å²) in [5.74, 6) is 1.15. The summed E-state index contributed by atoms with van der Waals surface area (Å²) in [6.07, 6.45) is 4.61. The zero-order valence-corrected chi connectivity index (χ0v) is 13.4. The topological polar surface area (TPSA) is 82.3 Å². The van der Waals surface area contributed by atoms with Crippen molar-refractivity contribution in [2.75, 3.05) is 25.9 Å². The largest absolute Gasteiger partial charge is 0.356 e. The molecule has 3 amide bonds. The predicted molar refractivity (Wildman–Crippen MR) is 85.5 cm³/mol. The van der Waals surface area contributed by atoms with Gasteiger partial charge in [0.15, 0.2) is 0 Å². The third-order valence-electron chi connectivity index (χ3n) is 4.01. The van der Waals surface area contributed by atoms with Gasteiger partial charge in [0.2, 0.25) is 5.91 Å². The zero-order chi connectivity index (χ0) is 15.1. The highest BCUT2D eigenvalue weighted by molar-refractivity contribution is 8.00. The monoisotopic (exact) mass is 314 g/mol. The average Bonchev–Trinajstić information content (AvgIpc) is 2.99. The Morgan fingerprint density at radius 3 is 2.95 bits per heavy atom. The zero-order valence-electron chi connectivity index (χ0n) is 12.6. The number of hydrogen-bond donors (Lipinski definition) is 4. The number of carbonyl (C=O) groups is 2. The Hall–Kier alpha value is -0.950. The molecular formula is C14H26N4O2S. The number of unbranched alkanes of at least 4 members (excludes halogenated alkanes) is 1. The summed E-state index contributed by atoms with van der Waals surface area (Å²) in [6, 6.07) is 0.539. The molecule has 0 aliphatic carbocycles. The Morgan fingerprint density at radius 1 is 1.29 bits per heavy atom. The molecule has 0 radical (unpaired) electrons. The van der Waals surface area contributed by atoms with Gasteiger partial charge in [-0.25, -0.2) is 4.79 Å². The second kappa shape index (κ2) is 8.48. The van der Waals surface area contributed by atoms with Crippen molar-refractivity contribution >= 4 is 23.7 Å². The number of nitrogens with one attached hydrogen (secondary N) is 4. The van der Waals surface area contributed by atoms with Crippen LogP contribution in [0.15, 0.2) is 0 Å². The molecule has 2 saturated heterocycles. The maximum Gasteiger partial charge on any atom is 0.315 e. The number of urea groups is 1. The number of carbonyl (C=O) groups excluding carboxylic acids is 2. The molecule has 0 aromatic heterocycles. The SMILES string of the molecule is CNCCCNC(=O)CCCC[C@@H]1SCC2NC(=O)NC21. The van der Waals surface area contributed by atoms with Crippen LogP contribution in [0, 0.1) is 0 Å². The first-order chi connectivity index (χ1) is 10.2. The maximum absolute atomic E-state index is 11.6. The molecule has 0 aromatic carbocycles. The van der Waals surface area contributed by atoms with Crippen LogP contribution in [0.2, 0.25) is 0 Å². The Morgan fingerprint density at radius 2 is 2.14 bits per heavy atom. The quantitative estimate of drug-likeness (QED) is 0.368. The summed E-state index contributed by atoms with van der Waals surface area (Å²) in [4.78, 5) is 22.9. The molecule has 0 bridgehead atoms. The van der Waals surface area contributed by atoms with E-state index in [4.69, 9.17) is 0 Å². The fourth-order valence-electron chi connectivity index (χ4n) is 2.86. The first-order valence-electron chi connectivity index (χ1n) is 7.80. The van der Waals surface area contributed by atoms with E-state index >= 15 is 0 Å². The summed E-state index contributed by atoms with van der Waals surface area (Å²) in [7, 11) is 1.91. The molecule has 120 valence electrons. The average molecular weight is 314 g/mol. The summed E-state index contributed by atoms with van der Waals surface area (Å²) in [6.45, 7) is 1.68. The molecule has 0 saturated carbocycles. The molecule has 2 rings (SSSR count). The summed E-state index contributed by atoms with van der Waals surface area (Å²) in [5, 5.41) is 12.4. The fraction of sp³-hybridized carbons (Fsp3) is 0.857. The Balaban J connectivity index is 1.52. The Bertz CT molecular complexity index is 367. The van der Waals surface area contributed by atoms with Gasteiger partial charge in [-0.1, -0.05) is 6.42 Å². The molecule has 2 unspecified atom stereocenters. The first-order valence-corrected chi connectivity index (χ1v) is 8.85. The smallest absolute Gasteiger partial charge is 0.315 e. The molecular weight excluding hydrogens is 288 g/mol. The number of amides is 3. The van der Waals surface area contributed by atoms with Crippen LogP contribution in [0.5, 0.6) is 0 Å². The lowest BCUT2D eigenvalue weighted by Crippen LogP contribution is -2.36. The molecule has 0 spiro atoms. The van der Waals surface area contributed by atoms with Crippen LogP contribution in [0.3, 0.4) is 0 Å². The molecule has 21 heavy (non-hydrogen) atoms. The summed E-state index contributed by atoms with van der Waals surface area (Å²) in [5.41, 5.74) is 0. The molecule has 2 aliphatic rings. The van der Waals surface area contributed by atoms with Gasteiger partial charge in [0.25, 0.3) is 0 Å². The van der Waals surface area contributed by atoms with Crippen LogP contribution in [0.1, 0.15) is 32.1 Å². The second-order valence-corrected chi connectivity index (χ2v) is 6.95. The second-order valence-electron chi connectivity index (χ2n) is 5.67. The van der Waals surface area contributed by atoms with E-state index in [0.717, 1.165) is 44.5 Å². The third-order valence-corrected chi connectivity index (χ3v) is 5.51. The third kappa shape index (κ3) is 5.07. The predicted octanol–water partition coefficient (Wildman–Crippen LogP) is 0.438. The van der Waals surface area contributed by atoms with Crippen LogP contribution >= 0.6 is 11.8 Å². The lowest BCUT2D eigenvalue weighted by atomic mass is 10.0. The highest BCUT2D eigenvalue weighted by Gasteiger charge is 2.42. The minimum absolute atomic E-state index is 0.0313. The van der Waals surface area contributed by atoms with E-state index in [0.29, 0.717) is 17.7 Å². The van der Waals surface area contributed by atoms with Gasteiger partial charge in [-0.2, -0.15) is 11.8 Å². The van der Waals surface area contributed by atoms with Crippen LogP contribution in [0.4, 0.5) is 4.79 Å². The van der Waals surface area contributed by atoms with Crippen LogP contribution < -0.4 is 21.3 Å². The van der Waals surface area contributed by atoms with Gasteiger partial charge in [0.05, 0.1) is 12.1 Å². The van der Waals surface area contributed by atoms with Crippen molar-refractivity contribution < 1.29 is 9.59 Å². The van der Waals surface area contributed by atoms with Crippen LogP contribution in [-0.2, 0) is 4.79 Å². The van der Waals surface area contributed by atoms with E-state index in [-0.39, 0.29) is 18.0 Å². The van der Waals surface area contributed by atoms with E-state index in [1.807, 2.05) is 18.8 Å². The molecule has 6 nitrogen and oxygen atoms in total. The minimum Gasteiger partial charge on any atom is -0.356 e. The molecule has 2 aliphatic heterocycles. The molecule has 0 aromatic rings. The molecule has 3 atom stereocenters. The van der Waals surface area contributed by atoms with Crippen LogP contribution in [-0.4, -0.2) is 55.2 Å². The Kier molecular flexibility index (Phi) is 6.63. The first kappa shape index (κ1) is 16.4. The number of hydrogen-bond acceptors (Lipinski definition) is 4. The normalized spacial score (nSPS) is 27.1. The van der Waals surface area contributed by atoms with E-state index < -0.39 is 0 Å². The fourth-order valence-corrected chi connectivity index (χ4v) is 4.40. The van der Waals surface area contributed by atoms with Crippen LogP contribution in [0.25, 0.3) is 0 Å². The lowest BCUT2D eigenvalue weighted by molar-refractivity contribution is -0.121. The van der Waals surface area contributed by atoms with E-state index in [1.54, 1.807) is 0 Å². The van der Waals surface area contributed by atoms with E-state index in [1.165, 1.54) is 0 Å². The summed E-state index contributed by atoms with van der Waals surface area (Å²) >= 11 is 1.93. The summed E-state index contributed by atoms with van der Waals surface area (Å²) < 4.78 is 0. The van der Waals surface area contributed by atoms with Gasteiger partial charge < -0.3 is 21.3 Å².